The van der Waals surface area contributed by atoms with Crippen molar-refractivity contribution in [2.24, 2.45) is 0 Å². The lowest BCUT2D eigenvalue weighted by atomic mass is 10.1. The third-order valence-electron chi connectivity index (χ3n) is 1.55. The van der Waals surface area contributed by atoms with Gasteiger partial charge in [-0.1, -0.05) is 26.3 Å². The molecule has 0 aliphatic rings. The van der Waals surface area contributed by atoms with Crippen molar-refractivity contribution >= 4 is 5.71 Å². The minimum Gasteiger partial charge on any atom is -0.305 e. The van der Waals surface area contributed by atoms with Gasteiger partial charge in [0.1, 0.15) is 0 Å². The van der Waals surface area contributed by atoms with Crippen LogP contribution in [0.3, 0.4) is 0 Å². The van der Waals surface area contributed by atoms with Crippen LogP contribution in [-0.4, -0.2) is 5.71 Å². The van der Waals surface area contributed by atoms with Crippen LogP contribution in [0.15, 0.2) is 12.2 Å². The lowest BCUT2D eigenvalue weighted by Gasteiger charge is -2.00. The van der Waals surface area contributed by atoms with E-state index in [0.717, 1.165) is 18.4 Å². The molecule has 0 saturated carbocycles. The zero-order valence-corrected chi connectivity index (χ0v) is 7.04. The monoisotopic (exact) mass is 139 g/mol. The minimum absolute atomic E-state index is 0.716. The number of hydrogen-bond acceptors (Lipinski definition) is 1. The highest BCUT2D eigenvalue weighted by Crippen LogP contribution is 2.03. The van der Waals surface area contributed by atoms with Crippen molar-refractivity contribution in [2.75, 3.05) is 0 Å². The molecule has 0 aliphatic heterocycles. The number of unbranched alkanes of at least 4 members (excludes halogenated alkanes) is 2. The summed E-state index contributed by atoms with van der Waals surface area (Å²) in [5.41, 5.74) is 1.63. The van der Waals surface area contributed by atoms with Crippen LogP contribution in [0.1, 0.15) is 39.5 Å². The van der Waals surface area contributed by atoms with E-state index in [0.29, 0.717) is 5.71 Å². The number of hydrogen-bond donors (Lipinski definition) is 1. The molecule has 1 nitrogen and oxygen atoms in total. The maximum absolute atomic E-state index is 7.42. The lowest BCUT2D eigenvalue weighted by molar-refractivity contribution is 0.740. The molecule has 0 rings (SSSR count). The Morgan fingerprint density at radius 3 is 2.40 bits per heavy atom. The molecule has 0 heterocycles. The first-order chi connectivity index (χ1) is 4.68. The average molecular weight is 139 g/mol. The number of allylic oxidation sites excluding steroid dienone is 1. The van der Waals surface area contributed by atoms with E-state index in [9.17, 15) is 0 Å². The molecule has 0 aromatic carbocycles. The maximum Gasteiger partial charge on any atom is 0.0337 e. The highest BCUT2D eigenvalue weighted by Gasteiger charge is 1.95. The van der Waals surface area contributed by atoms with Crippen LogP contribution >= 0.6 is 0 Å². The molecule has 1 N–H and O–H groups in total. The summed E-state index contributed by atoms with van der Waals surface area (Å²) >= 11 is 0. The predicted molar refractivity (Wildman–Crippen MR) is 46.7 cm³/mol. The van der Waals surface area contributed by atoms with Crippen molar-refractivity contribution in [1.29, 1.82) is 5.41 Å². The van der Waals surface area contributed by atoms with Crippen molar-refractivity contribution in [3.05, 3.63) is 12.2 Å². The fourth-order valence-electron chi connectivity index (χ4n) is 0.765. The van der Waals surface area contributed by atoms with Gasteiger partial charge in [-0.15, -0.1) is 0 Å². The van der Waals surface area contributed by atoms with Crippen molar-refractivity contribution in [3.63, 3.8) is 0 Å². The largest absolute Gasteiger partial charge is 0.305 e. The Morgan fingerprint density at radius 1 is 1.40 bits per heavy atom. The van der Waals surface area contributed by atoms with Crippen molar-refractivity contribution < 1.29 is 0 Å². The van der Waals surface area contributed by atoms with E-state index >= 15 is 0 Å². The fourth-order valence-corrected chi connectivity index (χ4v) is 0.765. The SMILES string of the molecule is C=C(C)C(=N)CCCCC. The zero-order chi connectivity index (χ0) is 7.98. The maximum atomic E-state index is 7.42. The van der Waals surface area contributed by atoms with Gasteiger partial charge in [-0.05, 0) is 25.3 Å². The molecule has 0 radical (unpaired) electrons. The van der Waals surface area contributed by atoms with Crippen LogP contribution < -0.4 is 0 Å². The number of rotatable bonds is 5. The normalized spacial score (nSPS) is 9.40. The van der Waals surface area contributed by atoms with Gasteiger partial charge in [0, 0.05) is 5.71 Å². The van der Waals surface area contributed by atoms with E-state index in [1.807, 2.05) is 6.92 Å². The van der Waals surface area contributed by atoms with E-state index in [4.69, 9.17) is 5.41 Å². The molecule has 0 unspecified atom stereocenters. The average Bonchev–Trinajstić information content (AvgIpc) is 1.88. The third-order valence-corrected chi connectivity index (χ3v) is 1.55. The second kappa shape index (κ2) is 5.21. The van der Waals surface area contributed by atoms with Gasteiger partial charge in [-0.3, -0.25) is 0 Å². The Balaban J connectivity index is 3.31. The van der Waals surface area contributed by atoms with Crippen LogP contribution in [0.5, 0.6) is 0 Å². The van der Waals surface area contributed by atoms with Crippen LogP contribution in [0.4, 0.5) is 0 Å². The Labute approximate surface area is 63.7 Å². The molecule has 0 amide bonds. The van der Waals surface area contributed by atoms with E-state index in [1.54, 1.807) is 0 Å². The third kappa shape index (κ3) is 4.30. The highest BCUT2D eigenvalue weighted by molar-refractivity contribution is 5.96. The molecule has 0 aromatic rings. The van der Waals surface area contributed by atoms with Gasteiger partial charge in [0.25, 0.3) is 0 Å². The van der Waals surface area contributed by atoms with Crippen molar-refractivity contribution in [3.8, 4) is 0 Å². The Kier molecular flexibility index (Phi) is 4.91. The summed E-state index contributed by atoms with van der Waals surface area (Å²) in [5, 5.41) is 7.42. The second-order valence-electron chi connectivity index (χ2n) is 2.72. The van der Waals surface area contributed by atoms with Gasteiger partial charge in [0.05, 0.1) is 0 Å². The summed E-state index contributed by atoms with van der Waals surface area (Å²) in [6.45, 7) is 7.78. The van der Waals surface area contributed by atoms with E-state index in [-0.39, 0.29) is 0 Å². The molecule has 0 fully saturated rings. The minimum atomic E-state index is 0.716. The summed E-state index contributed by atoms with van der Waals surface area (Å²) in [7, 11) is 0. The number of nitrogens with one attached hydrogen (secondary N) is 1. The summed E-state index contributed by atoms with van der Waals surface area (Å²) in [6.07, 6.45) is 4.50. The standard InChI is InChI=1S/C9H17N/c1-4-5-6-7-9(10)8(2)3/h10H,2,4-7H2,1,3H3. The summed E-state index contributed by atoms with van der Waals surface area (Å²) in [4.78, 5) is 0. The predicted octanol–water partition coefficient (Wildman–Crippen LogP) is 3.16. The fraction of sp³-hybridized carbons (Fsp3) is 0.667. The van der Waals surface area contributed by atoms with Gasteiger partial charge in [-0.25, -0.2) is 0 Å². The molecular weight excluding hydrogens is 122 g/mol. The van der Waals surface area contributed by atoms with Crippen LogP contribution in [0, 0.1) is 5.41 Å². The molecule has 58 valence electrons. The lowest BCUT2D eigenvalue weighted by Crippen LogP contribution is -1.95. The Morgan fingerprint density at radius 2 is 2.00 bits per heavy atom. The van der Waals surface area contributed by atoms with E-state index in [2.05, 4.69) is 13.5 Å². The van der Waals surface area contributed by atoms with Crippen LogP contribution in [-0.2, 0) is 0 Å². The van der Waals surface area contributed by atoms with Gasteiger partial charge in [-0.2, -0.15) is 0 Å². The van der Waals surface area contributed by atoms with Crippen LogP contribution in [0.25, 0.3) is 0 Å². The smallest absolute Gasteiger partial charge is 0.0337 e. The molecule has 0 aliphatic carbocycles. The first-order valence-corrected chi connectivity index (χ1v) is 3.91. The second-order valence-corrected chi connectivity index (χ2v) is 2.72. The quantitative estimate of drug-likeness (QED) is 0.447. The van der Waals surface area contributed by atoms with Crippen molar-refractivity contribution in [2.45, 2.75) is 39.5 Å². The molecule has 1 heteroatoms. The first kappa shape index (κ1) is 9.41. The van der Waals surface area contributed by atoms with Gasteiger partial charge in [0.15, 0.2) is 0 Å². The molecule has 10 heavy (non-hydrogen) atoms. The zero-order valence-electron chi connectivity index (χ0n) is 7.04. The Bertz CT molecular complexity index is 125. The summed E-state index contributed by atoms with van der Waals surface area (Å²) < 4.78 is 0. The van der Waals surface area contributed by atoms with E-state index in [1.165, 1.54) is 12.8 Å². The summed E-state index contributed by atoms with van der Waals surface area (Å²) in [5.74, 6) is 0. The topological polar surface area (TPSA) is 23.9 Å². The summed E-state index contributed by atoms with van der Waals surface area (Å²) in [6, 6.07) is 0. The molecule has 0 saturated heterocycles. The molecular formula is C9H17N. The van der Waals surface area contributed by atoms with Gasteiger partial charge in [0.2, 0.25) is 0 Å². The van der Waals surface area contributed by atoms with Crippen LogP contribution in [0.2, 0.25) is 0 Å². The molecule has 0 spiro atoms. The Hall–Kier alpha value is -0.590. The molecule has 0 aromatic heterocycles. The van der Waals surface area contributed by atoms with Gasteiger partial charge < -0.3 is 5.41 Å². The first-order valence-electron chi connectivity index (χ1n) is 3.91. The van der Waals surface area contributed by atoms with Gasteiger partial charge >= 0.3 is 0 Å². The highest BCUT2D eigenvalue weighted by atomic mass is 14.4. The van der Waals surface area contributed by atoms with Crippen molar-refractivity contribution in [1.82, 2.24) is 0 Å². The van der Waals surface area contributed by atoms with E-state index < -0.39 is 0 Å². The molecule has 0 atom stereocenters. The molecule has 0 bridgehead atoms.